The third-order valence-corrected chi connectivity index (χ3v) is 4.69. The number of hydrogen-bond acceptors (Lipinski definition) is 1. The van der Waals surface area contributed by atoms with Gasteiger partial charge in [-0.1, -0.05) is 53.2 Å². The highest BCUT2D eigenvalue weighted by Crippen LogP contribution is 2.42. The van der Waals surface area contributed by atoms with Crippen molar-refractivity contribution in [3.8, 4) is 0 Å². The van der Waals surface area contributed by atoms with Crippen molar-refractivity contribution in [1.82, 2.24) is 0 Å². The Morgan fingerprint density at radius 1 is 1.36 bits per heavy atom. The van der Waals surface area contributed by atoms with Crippen LogP contribution in [0, 0.1) is 0 Å². The predicted octanol–water partition coefficient (Wildman–Crippen LogP) is 3.07. The van der Waals surface area contributed by atoms with Crippen LogP contribution < -0.4 is 0 Å². The molecule has 0 N–H and O–H groups in total. The number of carbonyl (C=O) groups is 1. The lowest BCUT2D eigenvalue weighted by Crippen LogP contribution is -2.30. The molecule has 74 valence electrons. The molecular formula is C12H13BrO. The van der Waals surface area contributed by atoms with Gasteiger partial charge in [-0.2, -0.15) is 0 Å². The van der Waals surface area contributed by atoms with Crippen LogP contribution >= 0.6 is 15.9 Å². The minimum atomic E-state index is -0.0163. The molecule has 1 aromatic rings. The standard InChI is InChI=1S/C12H13BrO/c1-12(8-7-10(14)11(12)13)9-5-3-2-4-6-9/h2-6,11H,7-8H2,1H3. The molecule has 0 bridgehead atoms. The first-order valence-electron chi connectivity index (χ1n) is 4.87. The molecule has 0 aliphatic heterocycles. The Morgan fingerprint density at radius 2 is 2.00 bits per heavy atom. The molecule has 1 aliphatic carbocycles. The molecule has 0 saturated heterocycles. The molecule has 1 nitrogen and oxygen atoms in total. The molecule has 1 fully saturated rings. The second-order valence-corrected chi connectivity index (χ2v) is 5.03. The van der Waals surface area contributed by atoms with Gasteiger partial charge in [0.2, 0.25) is 0 Å². The van der Waals surface area contributed by atoms with Gasteiger partial charge < -0.3 is 0 Å². The monoisotopic (exact) mass is 252 g/mol. The summed E-state index contributed by atoms with van der Waals surface area (Å²) >= 11 is 3.51. The maximum absolute atomic E-state index is 11.5. The molecule has 2 heteroatoms. The first kappa shape index (κ1) is 9.91. The van der Waals surface area contributed by atoms with Crippen LogP contribution in [0.5, 0.6) is 0 Å². The van der Waals surface area contributed by atoms with E-state index in [9.17, 15) is 4.79 Å². The van der Waals surface area contributed by atoms with Gasteiger partial charge in [0.05, 0.1) is 4.83 Å². The molecule has 0 spiro atoms. The molecule has 0 aromatic heterocycles. The average Bonchev–Trinajstić information content (AvgIpc) is 2.49. The van der Waals surface area contributed by atoms with Gasteiger partial charge in [0.25, 0.3) is 0 Å². The number of ketones is 1. The Bertz CT molecular complexity index is 347. The quantitative estimate of drug-likeness (QED) is 0.703. The summed E-state index contributed by atoms with van der Waals surface area (Å²) in [7, 11) is 0. The van der Waals surface area contributed by atoms with Gasteiger partial charge in [-0.25, -0.2) is 0 Å². The van der Waals surface area contributed by atoms with Gasteiger partial charge in [0.15, 0.2) is 0 Å². The number of alkyl halides is 1. The first-order valence-corrected chi connectivity index (χ1v) is 5.78. The SMILES string of the molecule is CC1(c2ccccc2)CCC(=O)C1Br. The van der Waals surface area contributed by atoms with Crippen LogP contribution in [-0.2, 0) is 10.2 Å². The van der Waals surface area contributed by atoms with E-state index < -0.39 is 0 Å². The number of hydrogen-bond donors (Lipinski definition) is 0. The van der Waals surface area contributed by atoms with E-state index in [4.69, 9.17) is 0 Å². The van der Waals surface area contributed by atoms with Crippen LogP contribution in [0.15, 0.2) is 30.3 Å². The summed E-state index contributed by atoms with van der Waals surface area (Å²) in [5.74, 6) is 0.330. The van der Waals surface area contributed by atoms with Crippen LogP contribution in [-0.4, -0.2) is 10.6 Å². The second-order valence-electron chi connectivity index (χ2n) is 4.11. The van der Waals surface area contributed by atoms with Crippen LogP contribution in [0.2, 0.25) is 0 Å². The Balaban J connectivity index is 2.39. The highest BCUT2D eigenvalue weighted by atomic mass is 79.9. The molecule has 1 aromatic carbocycles. The van der Waals surface area contributed by atoms with Crippen molar-refractivity contribution < 1.29 is 4.79 Å². The molecule has 2 rings (SSSR count). The zero-order valence-corrected chi connectivity index (χ0v) is 9.75. The normalized spacial score (nSPS) is 32.1. The van der Waals surface area contributed by atoms with E-state index in [-0.39, 0.29) is 10.2 Å². The van der Waals surface area contributed by atoms with Gasteiger partial charge in [-0.05, 0) is 12.0 Å². The van der Waals surface area contributed by atoms with Gasteiger partial charge in [0, 0.05) is 11.8 Å². The van der Waals surface area contributed by atoms with Crippen molar-refractivity contribution in [3.63, 3.8) is 0 Å². The Kier molecular flexibility index (Phi) is 2.48. The Hall–Kier alpha value is -0.630. The van der Waals surface area contributed by atoms with Crippen molar-refractivity contribution in [1.29, 1.82) is 0 Å². The van der Waals surface area contributed by atoms with E-state index in [2.05, 4.69) is 35.0 Å². The lowest BCUT2D eigenvalue weighted by Gasteiger charge is -2.27. The third kappa shape index (κ3) is 1.42. The lowest BCUT2D eigenvalue weighted by atomic mass is 9.81. The summed E-state index contributed by atoms with van der Waals surface area (Å²) < 4.78 is 0. The number of halogens is 1. The lowest BCUT2D eigenvalue weighted by molar-refractivity contribution is -0.117. The smallest absolute Gasteiger partial charge is 0.147 e. The number of rotatable bonds is 1. The van der Waals surface area contributed by atoms with Crippen LogP contribution in [0.25, 0.3) is 0 Å². The van der Waals surface area contributed by atoms with E-state index in [0.29, 0.717) is 12.2 Å². The predicted molar refractivity (Wildman–Crippen MR) is 60.8 cm³/mol. The third-order valence-electron chi connectivity index (χ3n) is 3.17. The van der Waals surface area contributed by atoms with Crippen molar-refractivity contribution in [2.75, 3.05) is 0 Å². The topological polar surface area (TPSA) is 17.1 Å². The van der Waals surface area contributed by atoms with E-state index >= 15 is 0 Å². The van der Waals surface area contributed by atoms with Crippen LogP contribution in [0.1, 0.15) is 25.3 Å². The minimum Gasteiger partial charge on any atom is -0.298 e. The number of Topliss-reactive ketones (excluding diaryl/α,β-unsaturated/α-hetero) is 1. The highest BCUT2D eigenvalue weighted by Gasteiger charge is 2.43. The number of benzene rings is 1. The maximum Gasteiger partial charge on any atom is 0.147 e. The van der Waals surface area contributed by atoms with E-state index in [0.717, 1.165) is 6.42 Å². The van der Waals surface area contributed by atoms with Gasteiger partial charge in [0.1, 0.15) is 5.78 Å². The van der Waals surface area contributed by atoms with Crippen molar-refractivity contribution in [2.24, 2.45) is 0 Å². The Morgan fingerprint density at radius 3 is 2.50 bits per heavy atom. The zero-order chi connectivity index (χ0) is 10.2. The largest absolute Gasteiger partial charge is 0.298 e. The maximum atomic E-state index is 11.5. The van der Waals surface area contributed by atoms with E-state index in [1.54, 1.807) is 0 Å². The fourth-order valence-corrected chi connectivity index (χ4v) is 2.82. The average molecular weight is 253 g/mol. The second kappa shape index (κ2) is 3.50. The number of carbonyl (C=O) groups excluding carboxylic acids is 1. The zero-order valence-electron chi connectivity index (χ0n) is 8.16. The van der Waals surface area contributed by atoms with Gasteiger partial charge in [-0.3, -0.25) is 4.79 Å². The van der Waals surface area contributed by atoms with Gasteiger partial charge >= 0.3 is 0 Å². The summed E-state index contributed by atoms with van der Waals surface area (Å²) in [4.78, 5) is 11.5. The summed E-state index contributed by atoms with van der Waals surface area (Å²) in [6, 6.07) is 10.3. The van der Waals surface area contributed by atoms with Crippen molar-refractivity contribution in [3.05, 3.63) is 35.9 Å². The molecule has 2 atom stereocenters. The molecule has 1 aliphatic rings. The van der Waals surface area contributed by atoms with Gasteiger partial charge in [-0.15, -0.1) is 0 Å². The summed E-state index contributed by atoms with van der Waals surface area (Å²) in [6.07, 6.45) is 1.65. The highest BCUT2D eigenvalue weighted by molar-refractivity contribution is 9.10. The molecule has 1 saturated carbocycles. The fourth-order valence-electron chi connectivity index (χ4n) is 2.10. The minimum absolute atomic E-state index is 0.0155. The summed E-state index contributed by atoms with van der Waals surface area (Å²) in [5.41, 5.74) is 1.24. The molecule has 0 radical (unpaired) electrons. The molecular weight excluding hydrogens is 240 g/mol. The fraction of sp³-hybridized carbons (Fsp3) is 0.417. The first-order chi connectivity index (χ1) is 6.64. The van der Waals surface area contributed by atoms with Crippen LogP contribution in [0.4, 0.5) is 0 Å². The van der Waals surface area contributed by atoms with Crippen LogP contribution in [0.3, 0.4) is 0 Å². The van der Waals surface area contributed by atoms with Crippen molar-refractivity contribution >= 4 is 21.7 Å². The summed E-state index contributed by atoms with van der Waals surface area (Å²) in [6.45, 7) is 2.16. The van der Waals surface area contributed by atoms with Crippen molar-refractivity contribution in [2.45, 2.75) is 30.0 Å². The molecule has 0 heterocycles. The molecule has 0 amide bonds. The Labute approximate surface area is 92.6 Å². The van der Waals surface area contributed by atoms with E-state index in [1.165, 1.54) is 5.56 Å². The van der Waals surface area contributed by atoms with E-state index in [1.807, 2.05) is 18.2 Å². The molecule has 14 heavy (non-hydrogen) atoms. The molecule has 2 unspecified atom stereocenters. The summed E-state index contributed by atoms with van der Waals surface area (Å²) in [5, 5.41) is 0.